The molecule has 0 saturated carbocycles. The molecule has 9 heteroatoms. The van der Waals surface area contributed by atoms with Crippen LogP contribution in [0.1, 0.15) is 30.2 Å². The maximum atomic E-state index is 13.7. The summed E-state index contributed by atoms with van der Waals surface area (Å²) in [5, 5.41) is 10.5. The first-order valence-electron chi connectivity index (χ1n) is 10.5. The van der Waals surface area contributed by atoms with E-state index in [4.69, 9.17) is 21.8 Å². The summed E-state index contributed by atoms with van der Waals surface area (Å²) in [4.78, 5) is 34.6. The number of thioether (sulfide) groups is 1. The number of amides is 1. The summed E-state index contributed by atoms with van der Waals surface area (Å²) in [6.45, 7) is 2.62. The normalized spacial score (nSPS) is 15.4. The average Bonchev–Trinajstić information content (AvgIpc) is 3.14. The van der Waals surface area contributed by atoms with Crippen LogP contribution in [0.5, 0.6) is 0 Å². The molecule has 1 amide bonds. The smallest absolute Gasteiger partial charge is 0.267 e. The average molecular weight is 487 g/mol. The van der Waals surface area contributed by atoms with Crippen molar-refractivity contribution in [2.45, 2.75) is 37.8 Å². The van der Waals surface area contributed by atoms with Crippen molar-refractivity contribution in [2.24, 2.45) is 5.92 Å². The minimum atomic E-state index is -0.110. The summed E-state index contributed by atoms with van der Waals surface area (Å²) < 4.78 is 1.59. The Kier molecular flexibility index (Phi) is 6.89. The number of fused-ring (bicyclic) bond motifs is 3. The van der Waals surface area contributed by atoms with Crippen molar-refractivity contribution in [2.75, 3.05) is 19.3 Å². The molecule has 1 aliphatic carbocycles. The minimum Gasteiger partial charge on any atom is -0.344 e. The lowest BCUT2D eigenvalue weighted by molar-refractivity contribution is -0.127. The molecule has 6 nitrogen and oxygen atoms in total. The molecule has 32 heavy (non-hydrogen) atoms. The van der Waals surface area contributed by atoms with E-state index in [1.807, 2.05) is 6.07 Å². The van der Waals surface area contributed by atoms with Gasteiger partial charge >= 0.3 is 0 Å². The third-order valence-corrected chi connectivity index (χ3v) is 8.02. The van der Waals surface area contributed by atoms with Gasteiger partial charge in [0, 0.05) is 23.5 Å². The number of nitrogens with zero attached hydrogens (tertiary/aromatic N) is 4. The molecule has 1 unspecified atom stereocenters. The van der Waals surface area contributed by atoms with Crippen LogP contribution in [0.25, 0.3) is 15.9 Å². The van der Waals surface area contributed by atoms with E-state index in [0.717, 1.165) is 29.7 Å². The number of nitriles is 1. The monoisotopic (exact) mass is 486 g/mol. The summed E-state index contributed by atoms with van der Waals surface area (Å²) in [5.74, 6) is 0.626. The van der Waals surface area contributed by atoms with E-state index in [1.54, 1.807) is 47.2 Å². The molecule has 0 aliphatic heterocycles. The lowest BCUT2D eigenvalue weighted by atomic mass is 9.89. The Labute approximate surface area is 199 Å². The third-order valence-electron chi connectivity index (χ3n) is 5.69. The lowest BCUT2D eigenvalue weighted by Crippen LogP contribution is -2.29. The zero-order chi connectivity index (χ0) is 22.8. The molecule has 4 rings (SSSR count). The Morgan fingerprint density at radius 3 is 2.88 bits per heavy atom. The van der Waals surface area contributed by atoms with Crippen LogP contribution in [-0.4, -0.2) is 39.7 Å². The molecule has 0 N–H and O–H groups in total. The van der Waals surface area contributed by atoms with Crippen molar-refractivity contribution in [1.82, 2.24) is 14.5 Å². The summed E-state index contributed by atoms with van der Waals surface area (Å²) in [5.41, 5.74) is 1.70. The zero-order valence-electron chi connectivity index (χ0n) is 17.9. The summed E-state index contributed by atoms with van der Waals surface area (Å²) in [6, 6.07) is 9.13. The van der Waals surface area contributed by atoms with E-state index in [1.165, 1.54) is 21.5 Å². The number of benzene rings is 1. The van der Waals surface area contributed by atoms with Crippen molar-refractivity contribution >= 4 is 50.8 Å². The van der Waals surface area contributed by atoms with Crippen LogP contribution in [0.3, 0.4) is 0 Å². The number of thiophene rings is 1. The van der Waals surface area contributed by atoms with Crippen LogP contribution >= 0.6 is 34.7 Å². The highest BCUT2D eigenvalue weighted by molar-refractivity contribution is 7.99. The largest absolute Gasteiger partial charge is 0.344 e. The van der Waals surface area contributed by atoms with Crippen molar-refractivity contribution in [3.05, 3.63) is 50.1 Å². The molecule has 1 atom stereocenters. The second-order valence-electron chi connectivity index (χ2n) is 8.06. The van der Waals surface area contributed by atoms with E-state index in [2.05, 4.69) is 6.92 Å². The molecular weight excluding hydrogens is 464 g/mol. The van der Waals surface area contributed by atoms with Crippen LogP contribution in [-0.2, 0) is 17.6 Å². The molecule has 0 spiro atoms. The molecule has 0 bridgehead atoms. The van der Waals surface area contributed by atoms with Gasteiger partial charge in [0.25, 0.3) is 5.56 Å². The molecular formula is C23H23ClN4O2S2. The SMILES string of the molecule is CC1CCc2c(sc3nc(SCC(=O)N(C)CCC#N)n(-c4ccc(Cl)cc4)c(=O)c23)C1. The maximum absolute atomic E-state index is 13.7. The highest BCUT2D eigenvalue weighted by Crippen LogP contribution is 2.37. The summed E-state index contributed by atoms with van der Waals surface area (Å²) in [7, 11) is 1.68. The molecule has 0 fully saturated rings. The van der Waals surface area contributed by atoms with Gasteiger partial charge in [-0.2, -0.15) is 5.26 Å². The Hall–Kier alpha value is -2.34. The quantitative estimate of drug-likeness (QED) is 0.373. The summed E-state index contributed by atoms with van der Waals surface area (Å²) in [6.07, 6.45) is 3.22. The van der Waals surface area contributed by atoms with Gasteiger partial charge in [-0.05, 0) is 55.0 Å². The van der Waals surface area contributed by atoms with E-state index in [-0.39, 0.29) is 23.6 Å². The van der Waals surface area contributed by atoms with Crippen LogP contribution < -0.4 is 5.56 Å². The number of rotatable bonds is 6. The molecule has 0 saturated heterocycles. The first-order valence-corrected chi connectivity index (χ1v) is 12.6. The predicted octanol–water partition coefficient (Wildman–Crippen LogP) is 4.69. The number of hydrogen-bond donors (Lipinski definition) is 0. The van der Waals surface area contributed by atoms with Gasteiger partial charge in [0.1, 0.15) is 4.83 Å². The summed E-state index contributed by atoms with van der Waals surface area (Å²) >= 11 is 8.91. The third kappa shape index (κ3) is 4.56. The fourth-order valence-electron chi connectivity index (χ4n) is 3.86. The number of hydrogen-bond acceptors (Lipinski definition) is 6. The van der Waals surface area contributed by atoms with Gasteiger partial charge in [-0.1, -0.05) is 30.3 Å². The van der Waals surface area contributed by atoms with Gasteiger partial charge in [-0.3, -0.25) is 14.2 Å². The molecule has 0 radical (unpaired) electrons. The Balaban J connectivity index is 1.77. The molecule has 2 aromatic heterocycles. The minimum absolute atomic E-state index is 0.0999. The van der Waals surface area contributed by atoms with Gasteiger partial charge in [-0.15, -0.1) is 11.3 Å². The second kappa shape index (κ2) is 9.65. The maximum Gasteiger partial charge on any atom is 0.267 e. The lowest BCUT2D eigenvalue weighted by Gasteiger charge is -2.18. The van der Waals surface area contributed by atoms with E-state index in [9.17, 15) is 9.59 Å². The highest BCUT2D eigenvalue weighted by atomic mass is 35.5. The number of carbonyl (C=O) groups excluding carboxylic acids is 1. The van der Waals surface area contributed by atoms with Crippen LogP contribution in [0.2, 0.25) is 5.02 Å². The molecule has 2 heterocycles. The van der Waals surface area contributed by atoms with Gasteiger partial charge in [0.05, 0.1) is 29.3 Å². The van der Waals surface area contributed by atoms with Gasteiger partial charge in [0.15, 0.2) is 5.16 Å². The fraction of sp³-hybridized carbons (Fsp3) is 0.391. The van der Waals surface area contributed by atoms with Crippen molar-refractivity contribution in [1.29, 1.82) is 5.26 Å². The Morgan fingerprint density at radius 2 is 2.16 bits per heavy atom. The topological polar surface area (TPSA) is 79.0 Å². The standard InChI is InChI=1S/C23H23ClN4O2S2/c1-14-4-9-17-18(12-14)32-21-20(17)22(30)28(16-7-5-15(24)6-8-16)23(26-21)31-13-19(29)27(2)11-3-10-25/h5-8,14H,3-4,9,11-13H2,1-2H3. The van der Waals surface area contributed by atoms with Gasteiger partial charge in [0.2, 0.25) is 5.91 Å². The molecule has 166 valence electrons. The van der Waals surface area contributed by atoms with Crippen LogP contribution in [0.4, 0.5) is 0 Å². The van der Waals surface area contributed by atoms with Gasteiger partial charge < -0.3 is 4.90 Å². The first kappa shape index (κ1) is 22.8. The van der Waals surface area contributed by atoms with E-state index >= 15 is 0 Å². The Bertz CT molecular complexity index is 1260. The molecule has 1 aromatic carbocycles. The van der Waals surface area contributed by atoms with Crippen molar-refractivity contribution in [3.8, 4) is 11.8 Å². The van der Waals surface area contributed by atoms with Crippen molar-refractivity contribution < 1.29 is 4.79 Å². The predicted molar refractivity (Wildman–Crippen MR) is 130 cm³/mol. The fourth-order valence-corrected chi connectivity index (χ4v) is 6.37. The second-order valence-corrected chi connectivity index (χ2v) is 10.5. The van der Waals surface area contributed by atoms with Gasteiger partial charge in [-0.25, -0.2) is 4.98 Å². The van der Waals surface area contributed by atoms with Crippen molar-refractivity contribution in [3.63, 3.8) is 0 Å². The molecule has 3 aromatic rings. The number of halogens is 1. The first-order chi connectivity index (χ1) is 15.4. The zero-order valence-corrected chi connectivity index (χ0v) is 20.3. The molecule has 1 aliphatic rings. The Morgan fingerprint density at radius 1 is 1.41 bits per heavy atom. The number of aromatic nitrogens is 2. The van der Waals surface area contributed by atoms with E-state index in [0.29, 0.717) is 33.7 Å². The van der Waals surface area contributed by atoms with Crippen LogP contribution in [0.15, 0.2) is 34.2 Å². The van der Waals surface area contributed by atoms with E-state index < -0.39 is 0 Å². The van der Waals surface area contributed by atoms with Crippen LogP contribution in [0, 0.1) is 17.2 Å². The number of carbonyl (C=O) groups is 1. The highest BCUT2D eigenvalue weighted by Gasteiger charge is 2.25. The number of aryl methyl sites for hydroxylation is 1.